The van der Waals surface area contributed by atoms with Gasteiger partial charge in [0, 0.05) is 18.2 Å². The number of benzene rings is 1. The SMILES string of the molecule is COc1cc(OC)c(C(=O)OCc2cc(C)no2)cc1OC. The van der Waals surface area contributed by atoms with Gasteiger partial charge in [0.2, 0.25) is 0 Å². The minimum Gasteiger partial charge on any atom is -0.496 e. The number of rotatable bonds is 6. The van der Waals surface area contributed by atoms with Crippen LogP contribution in [0.4, 0.5) is 0 Å². The van der Waals surface area contributed by atoms with E-state index in [1.807, 2.05) is 0 Å². The third-order valence-electron chi connectivity index (χ3n) is 2.95. The van der Waals surface area contributed by atoms with Crippen LogP contribution in [0.5, 0.6) is 17.2 Å². The van der Waals surface area contributed by atoms with E-state index in [0.29, 0.717) is 23.0 Å². The lowest BCUT2D eigenvalue weighted by Crippen LogP contribution is -2.08. The fourth-order valence-corrected chi connectivity index (χ4v) is 1.89. The van der Waals surface area contributed by atoms with E-state index in [0.717, 1.165) is 5.69 Å². The van der Waals surface area contributed by atoms with E-state index in [9.17, 15) is 4.79 Å². The summed E-state index contributed by atoms with van der Waals surface area (Å²) in [4.78, 5) is 12.2. The molecule has 1 aromatic carbocycles. The van der Waals surface area contributed by atoms with E-state index in [2.05, 4.69) is 5.16 Å². The van der Waals surface area contributed by atoms with Gasteiger partial charge in [-0.25, -0.2) is 4.79 Å². The molecule has 7 heteroatoms. The van der Waals surface area contributed by atoms with Crippen LogP contribution in [0.25, 0.3) is 0 Å². The highest BCUT2D eigenvalue weighted by Crippen LogP contribution is 2.35. The fraction of sp³-hybridized carbons (Fsp3) is 0.333. The first kappa shape index (κ1) is 15.7. The first-order valence-corrected chi connectivity index (χ1v) is 6.48. The summed E-state index contributed by atoms with van der Waals surface area (Å²) in [5.41, 5.74) is 0.950. The largest absolute Gasteiger partial charge is 0.496 e. The Morgan fingerprint density at radius 2 is 1.68 bits per heavy atom. The van der Waals surface area contributed by atoms with Crippen LogP contribution < -0.4 is 14.2 Å². The van der Waals surface area contributed by atoms with E-state index in [4.69, 9.17) is 23.5 Å². The van der Waals surface area contributed by atoms with Crippen molar-refractivity contribution in [2.24, 2.45) is 0 Å². The average Bonchev–Trinajstić information content (AvgIpc) is 2.96. The van der Waals surface area contributed by atoms with Crippen molar-refractivity contribution in [1.29, 1.82) is 0 Å². The number of hydrogen-bond donors (Lipinski definition) is 0. The number of esters is 1. The van der Waals surface area contributed by atoms with E-state index in [1.54, 1.807) is 19.1 Å². The van der Waals surface area contributed by atoms with Gasteiger partial charge in [0.15, 0.2) is 23.9 Å². The van der Waals surface area contributed by atoms with Crippen molar-refractivity contribution in [2.45, 2.75) is 13.5 Å². The summed E-state index contributed by atoms with van der Waals surface area (Å²) in [7, 11) is 4.44. The maximum Gasteiger partial charge on any atom is 0.342 e. The van der Waals surface area contributed by atoms with Crippen LogP contribution in [0.1, 0.15) is 21.8 Å². The summed E-state index contributed by atoms with van der Waals surface area (Å²) < 4.78 is 25.7. The highest BCUT2D eigenvalue weighted by molar-refractivity contribution is 5.93. The van der Waals surface area contributed by atoms with Gasteiger partial charge in [-0.3, -0.25) is 0 Å². The second-order valence-corrected chi connectivity index (χ2v) is 4.42. The van der Waals surface area contributed by atoms with Gasteiger partial charge in [0.25, 0.3) is 0 Å². The Hall–Kier alpha value is -2.70. The molecule has 7 nitrogen and oxygen atoms in total. The molecule has 0 aliphatic rings. The average molecular weight is 307 g/mol. The second-order valence-electron chi connectivity index (χ2n) is 4.42. The molecule has 0 aliphatic heterocycles. The number of nitrogens with zero attached hydrogens (tertiary/aromatic N) is 1. The molecular weight excluding hydrogens is 290 g/mol. The van der Waals surface area contributed by atoms with Crippen LogP contribution in [-0.2, 0) is 11.3 Å². The Balaban J connectivity index is 2.20. The van der Waals surface area contributed by atoms with Gasteiger partial charge >= 0.3 is 5.97 Å². The van der Waals surface area contributed by atoms with E-state index in [-0.39, 0.29) is 12.2 Å². The highest BCUT2D eigenvalue weighted by atomic mass is 16.6. The lowest BCUT2D eigenvalue weighted by molar-refractivity contribution is 0.0433. The number of aromatic nitrogens is 1. The van der Waals surface area contributed by atoms with Crippen LogP contribution in [0.3, 0.4) is 0 Å². The smallest absolute Gasteiger partial charge is 0.342 e. The zero-order valence-electron chi connectivity index (χ0n) is 12.8. The summed E-state index contributed by atoms with van der Waals surface area (Å²) in [5.74, 6) is 1.10. The molecule has 0 fully saturated rings. The van der Waals surface area contributed by atoms with E-state index >= 15 is 0 Å². The minimum atomic E-state index is -0.563. The standard InChI is InChI=1S/C15H17NO6/c1-9-5-10(22-16-9)8-21-15(17)11-6-13(19-3)14(20-4)7-12(11)18-2/h5-7H,8H2,1-4H3. The highest BCUT2D eigenvalue weighted by Gasteiger charge is 2.19. The third kappa shape index (κ3) is 3.30. The van der Waals surface area contributed by atoms with Crippen LogP contribution >= 0.6 is 0 Å². The summed E-state index contributed by atoms with van der Waals surface area (Å²) in [6, 6.07) is 4.76. The zero-order valence-corrected chi connectivity index (χ0v) is 12.8. The van der Waals surface area contributed by atoms with Crippen molar-refractivity contribution in [3.8, 4) is 17.2 Å². The molecule has 1 aromatic heterocycles. The molecule has 0 atom stereocenters. The molecule has 0 N–H and O–H groups in total. The van der Waals surface area contributed by atoms with Crippen LogP contribution in [-0.4, -0.2) is 32.5 Å². The van der Waals surface area contributed by atoms with Crippen molar-refractivity contribution in [2.75, 3.05) is 21.3 Å². The number of carbonyl (C=O) groups is 1. The van der Waals surface area contributed by atoms with E-state index in [1.165, 1.54) is 27.4 Å². The van der Waals surface area contributed by atoms with Gasteiger partial charge in [0.05, 0.1) is 27.0 Å². The van der Waals surface area contributed by atoms with Crippen molar-refractivity contribution in [1.82, 2.24) is 5.16 Å². The Labute approximate surface area is 127 Å². The van der Waals surface area contributed by atoms with Gasteiger partial charge in [-0.2, -0.15) is 0 Å². The maximum absolute atomic E-state index is 12.2. The molecule has 0 spiro atoms. The molecule has 118 valence electrons. The number of ether oxygens (including phenoxy) is 4. The number of methoxy groups -OCH3 is 3. The van der Waals surface area contributed by atoms with Gasteiger partial charge in [-0.1, -0.05) is 5.16 Å². The van der Waals surface area contributed by atoms with Crippen LogP contribution in [0.2, 0.25) is 0 Å². The fourth-order valence-electron chi connectivity index (χ4n) is 1.89. The van der Waals surface area contributed by atoms with Gasteiger partial charge in [-0.15, -0.1) is 0 Å². The van der Waals surface area contributed by atoms with Gasteiger partial charge in [0.1, 0.15) is 11.3 Å². The molecule has 2 rings (SSSR count). The Morgan fingerprint density at radius 1 is 1.05 bits per heavy atom. The summed E-state index contributed by atoms with van der Waals surface area (Å²) in [5, 5.41) is 3.72. The number of aryl methyl sites for hydroxylation is 1. The van der Waals surface area contributed by atoms with Crippen LogP contribution in [0.15, 0.2) is 22.7 Å². The Morgan fingerprint density at radius 3 is 2.23 bits per heavy atom. The molecule has 0 amide bonds. The molecule has 0 bridgehead atoms. The molecule has 0 radical (unpaired) electrons. The molecule has 0 aliphatic carbocycles. The maximum atomic E-state index is 12.2. The number of hydrogen-bond acceptors (Lipinski definition) is 7. The molecule has 2 aromatic rings. The predicted octanol–water partition coefficient (Wildman–Crippen LogP) is 2.37. The summed E-state index contributed by atoms with van der Waals surface area (Å²) in [6.07, 6.45) is 0. The lowest BCUT2D eigenvalue weighted by Gasteiger charge is -2.13. The van der Waals surface area contributed by atoms with Crippen molar-refractivity contribution in [3.63, 3.8) is 0 Å². The van der Waals surface area contributed by atoms with Crippen LogP contribution in [0, 0.1) is 6.92 Å². The minimum absolute atomic E-state index is 0.0167. The topological polar surface area (TPSA) is 80.0 Å². The summed E-state index contributed by atoms with van der Waals surface area (Å²) >= 11 is 0. The number of carbonyl (C=O) groups excluding carboxylic acids is 1. The second kappa shape index (κ2) is 6.84. The predicted molar refractivity (Wildman–Crippen MR) is 76.5 cm³/mol. The quantitative estimate of drug-likeness (QED) is 0.758. The Kier molecular flexibility index (Phi) is 4.88. The molecular formula is C15H17NO6. The molecule has 22 heavy (non-hydrogen) atoms. The summed E-state index contributed by atoms with van der Waals surface area (Å²) in [6.45, 7) is 1.77. The first-order valence-electron chi connectivity index (χ1n) is 6.48. The zero-order chi connectivity index (χ0) is 16.1. The van der Waals surface area contributed by atoms with Gasteiger partial charge in [-0.05, 0) is 6.92 Å². The normalized spacial score (nSPS) is 10.2. The molecule has 0 saturated heterocycles. The Bertz CT molecular complexity index is 664. The van der Waals surface area contributed by atoms with Gasteiger partial charge < -0.3 is 23.5 Å². The lowest BCUT2D eigenvalue weighted by atomic mass is 10.1. The first-order chi connectivity index (χ1) is 10.6. The third-order valence-corrected chi connectivity index (χ3v) is 2.95. The molecule has 0 unspecified atom stereocenters. The van der Waals surface area contributed by atoms with Crippen molar-refractivity contribution in [3.05, 3.63) is 35.2 Å². The van der Waals surface area contributed by atoms with Crippen molar-refractivity contribution < 1.29 is 28.3 Å². The van der Waals surface area contributed by atoms with Crippen molar-refractivity contribution >= 4 is 5.97 Å². The molecule has 0 saturated carbocycles. The molecule has 1 heterocycles. The monoisotopic (exact) mass is 307 g/mol. The van der Waals surface area contributed by atoms with E-state index < -0.39 is 5.97 Å².